The second-order valence-electron chi connectivity index (χ2n) is 8.01. The van der Waals surface area contributed by atoms with Crippen LogP contribution < -0.4 is 0 Å². The summed E-state index contributed by atoms with van der Waals surface area (Å²) in [7, 11) is 0. The molecule has 3 aromatic rings. The molecule has 31 heavy (non-hydrogen) atoms. The van der Waals surface area contributed by atoms with Gasteiger partial charge in [-0.3, -0.25) is 4.79 Å². The third-order valence-electron chi connectivity index (χ3n) is 6.19. The molecular formula is C29H22ClO. The van der Waals surface area contributed by atoms with Crippen molar-refractivity contribution >= 4 is 23.0 Å². The molecule has 5 rings (SSSR count). The lowest BCUT2D eigenvalue weighted by atomic mass is 9.66. The van der Waals surface area contributed by atoms with Crippen LogP contribution in [0.15, 0.2) is 90.5 Å². The quantitative estimate of drug-likeness (QED) is 0.441. The van der Waals surface area contributed by atoms with Gasteiger partial charge in [-0.1, -0.05) is 90.0 Å². The summed E-state index contributed by atoms with van der Waals surface area (Å²) in [5.74, 6) is 1.11. The second kappa shape index (κ2) is 8.85. The minimum absolute atomic E-state index is 0.0459. The summed E-state index contributed by atoms with van der Waals surface area (Å²) >= 11 is 6.17. The number of halogens is 1. The van der Waals surface area contributed by atoms with Gasteiger partial charge in [-0.2, -0.15) is 0 Å². The van der Waals surface area contributed by atoms with Crippen LogP contribution in [0.4, 0.5) is 0 Å². The number of allylic oxidation sites excluding steroid dienone is 2. The molecule has 5 radical (unpaired) electrons. The maximum atomic E-state index is 14.2. The van der Waals surface area contributed by atoms with E-state index in [-0.39, 0.29) is 17.6 Å². The summed E-state index contributed by atoms with van der Waals surface area (Å²) in [4.78, 5) is 14.2. The molecule has 1 fully saturated rings. The van der Waals surface area contributed by atoms with Crippen LogP contribution in [0.2, 0.25) is 5.02 Å². The second-order valence-corrected chi connectivity index (χ2v) is 8.44. The number of ketones is 1. The van der Waals surface area contributed by atoms with E-state index in [1.165, 1.54) is 0 Å². The fraction of sp³-hybridized carbons (Fsp3) is 0.103. The van der Waals surface area contributed by atoms with Crippen molar-refractivity contribution in [2.45, 2.75) is 18.3 Å². The first-order valence-electron chi connectivity index (χ1n) is 10.6. The highest BCUT2D eigenvalue weighted by atomic mass is 35.5. The zero-order valence-corrected chi connectivity index (χ0v) is 17.8. The van der Waals surface area contributed by atoms with Gasteiger partial charge in [-0.25, -0.2) is 0 Å². The predicted molar refractivity (Wildman–Crippen MR) is 127 cm³/mol. The third-order valence-corrected chi connectivity index (χ3v) is 6.44. The Bertz CT molecular complexity index is 1080. The molecule has 0 N–H and O–H groups in total. The van der Waals surface area contributed by atoms with E-state index in [0.29, 0.717) is 5.02 Å². The number of benzene rings is 3. The topological polar surface area (TPSA) is 17.1 Å². The first kappa shape index (κ1) is 20.3. The number of rotatable bonds is 4. The number of carbonyl (C=O) groups is 1. The molecule has 0 amide bonds. The average molecular weight is 422 g/mol. The molecule has 2 heteroatoms. The van der Waals surface area contributed by atoms with Crippen molar-refractivity contribution in [2.75, 3.05) is 0 Å². The van der Waals surface area contributed by atoms with Crippen LogP contribution in [-0.4, -0.2) is 5.78 Å². The molecule has 3 aromatic carbocycles. The minimum atomic E-state index is -0.240. The van der Waals surface area contributed by atoms with E-state index in [1.54, 1.807) is 0 Å². The van der Waals surface area contributed by atoms with Gasteiger partial charge in [-0.05, 0) is 60.9 Å². The summed E-state index contributed by atoms with van der Waals surface area (Å²) in [6.07, 6.45) is 9.08. The molecule has 1 nitrogen and oxygen atoms in total. The molecule has 2 unspecified atom stereocenters. The first-order chi connectivity index (χ1) is 15.2. The van der Waals surface area contributed by atoms with Gasteiger partial charge in [-0.15, -0.1) is 0 Å². The maximum absolute atomic E-state index is 14.2. The summed E-state index contributed by atoms with van der Waals surface area (Å²) < 4.78 is 0. The highest BCUT2D eigenvalue weighted by Gasteiger charge is 2.41. The van der Waals surface area contributed by atoms with E-state index in [9.17, 15) is 4.79 Å². The molecule has 0 spiro atoms. The van der Waals surface area contributed by atoms with Crippen LogP contribution >= 0.6 is 11.6 Å². The Kier molecular flexibility index (Phi) is 5.78. The minimum Gasteiger partial charge on any atom is -0.293 e. The Hall–Kier alpha value is -2.64. The van der Waals surface area contributed by atoms with Gasteiger partial charge in [0.2, 0.25) is 0 Å². The fourth-order valence-corrected chi connectivity index (χ4v) is 4.88. The molecule has 2 aliphatic rings. The van der Waals surface area contributed by atoms with Crippen molar-refractivity contribution in [1.82, 2.24) is 0 Å². The third kappa shape index (κ3) is 4.00. The van der Waals surface area contributed by atoms with Crippen molar-refractivity contribution in [3.8, 4) is 0 Å². The van der Waals surface area contributed by atoms with E-state index >= 15 is 0 Å². The Morgan fingerprint density at radius 1 is 0.710 bits per heavy atom. The van der Waals surface area contributed by atoms with E-state index in [0.717, 1.165) is 40.2 Å². The van der Waals surface area contributed by atoms with Crippen molar-refractivity contribution < 1.29 is 4.79 Å². The smallest absolute Gasteiger partial charge is 0.171 e. The molecule has 1 saturated carbocycles. The molecular weight excluding hydrogens is 400 g/mol. The zero-order chi connectivity index (χ0) is 21.2. The Labute approximate surface area is 189 Å². The van der Waals surface area contributed by atoms with Crippen molar-refractivity contribution in [3.63, 3.8) is 0 Å². The van der Waals surface area contributed by atoms with Gasteiger partial charge < -0.3 is 0 Å². The summed E-state index contributed by atoms with van der Waals surface area (Å²) in [6, 6.07) is 28.2. The van der Waals surface area contributed by atoms with Crippen LogP contribution in [0, 0.1) is 31.6 Å². The van der Waals surface area contributed by atoms with Crippen molar-refractivity contribution in [2.24, 2.45) is 0 Å². The van der Waals surface area contributed by atoms with Gasteiger partial charge in [0.05, 0.1) is 5.92 Å². The summed E-state index contributed by atoms with van der Waals surface area (Å²) in [5.41, 5.74) is 5.14. The van der Waals surface area contributed by atoms with Crippen molar-refractivity contribution in [1.29, 1.82) is 0 Å². The highest BCUT2D eigenvalue weighted by molar-refractivity contribution is 6.30. The van der Waals surface area contributed by atoms with E-state index in [4.69, 9.17) is 11.6 Å². The van der Waals surface area contributed by atoms with Crippen molar-refractivity contribution in [3.05, 3.63) is 144 Å². The SMILES string of the molecule is O=C1C(c2ccccc2)=C([C]2[CH][CH][CH][CH]2)CC(c2ccc(Cl)cc2)C1c1ccccc1. The number of carbonyl (C=O) groups excluding carboxylic acids is 1. The van der Waals surface area contributed by atoms with Crippen LogP contribution in [-0.2, 0) is 4.79 Å². The van der Waals surface area contributed by atoms with Crippen LogP contribution in [0.3, 0.4) is 0 Å². The average Bonchev–Trinajstić information content (AvgIpc) is 3.35. The Morgan fingerprint density at radius 2 is 1.32 bits per heavy atom. The monoisotopic (exact) mass is 421 g/mol. The van der Waals surface area contributed by atoms with E-state index in [2.05, 4.69) is 37.1 Å². The summed E-state index contributed by atoms with van der Waals surface area (Å²) in [6.45, 7) is 0. The van der Waals surface area contributed by atoms with Crippen LogP contribution in [0.5, 0.6) is 0 Å². The first-order valence-corrected chi connectivity index (χ1v) is 11.0. The normalized spacial score (nSPS) is 22.2. The van der Waals surface area contributed by atoms with Crippen LogP contribution in [0.25, 0.3) is 5.57 Å². The number of hydrogen-bond acceptors (Lipinski definition) is 1. The Balaban J connectivity index is 1.69. The van der Waals surface area contributed by atoms with E-state index < -0.39 is 0 Å². The lowest BCUT2D eigenvalue weighted by Crippen LogP contribution is -2.29. The molecule has 0 saturated heterocycles. The van der Waals surface area contributed by atoms with Gasteiger partial charge in [0.15, 0.2) is 5.78 Å². The molecule has 2 atom stereocenters. The summed E-state index contributed by atoms with van der Waals surface area (Å²) in [5, 5.41) is 0.707. The zero-order valence-electron chi connectivity index (χ0n) is 17.0. The standard InChI is InChI=1S/C29H22ClO/c30-24-17-15-21(16-18-24)26-19-25(20-9-7-8-10-20)27(22-11-3-1-4-12-22)29(31)28(26)23-13-5-2-6-14-23/h1-18,26,28H,19H2. The molecule has 0 aliphatic heterocycles. The predicted octanol–water partition coefficient (Wildman–Crippen LogP) is 7.04. The lowest BCUT2D eigenvalue weighted by Gasteiger charge is -2.36. The Morgan fingerprint density at radius 3 is 1.97 bits per heavy atom. The molecule has 2 aliphatic carbocycles. The molecule has 151 valence electrons. The van der Waals surface area contributed by atoms with E-state index in [1.807, 2.05) is 73.5 Å². The fourth-order valence-electron chi connectivity index (χ4n) is 4.75. The highest BCUT2D eigenvalue weighted by Crippen LogP contribution is 2.51. The lowest BCUT2D eigenvalue weighted by molar-refractivity contribution is -0.116. The number of hydrogen-bond donors (Lipinski definition) is 0. The largest absolute Gasteiger partial charge is 0.293 e. The van der Waals surface area contributed by atoms with Gasteiger partial charge in [0.1, 0.15) is 0 Å². The van der Waals surface area contributed by atoms with Crippen LogP contribution in [0.1, 0.15) is 34.9 Å². The van der Waals surface area contributed by atoms with Gasteiger partial charge in [0.25, 0.3) is 0 Å². The number of Topliss-reactive ketones (excluding diaryl/α,β-unsaturated/α-hetero) is 1. The van der Waals surface area contributed by atoms with Gasteiger partial charge in [0, 0.05) is 22.4 Å². The van der Waals surface area contributed by atoms with Gasteiger partial charge >= 0.3 is 0 Å². The molecule has 0 aromatic heterocycles. The maximum Gasteiger partial charge on any atom is 0.171 e. The molecule has 0 bridgehead atoms. The molecule has 0 heterocycles.